The van der Waals surface area contributed by atoms with Gasteiger partial charge in [0.2, 0.25) is 0 Å². The van der Waals surface area contributed by atoms with Gasteiger partial charge in [0.15, 0.2) is 9.84 Å². The van der Waals surface area contributed by atoms with E-state index in [0.717, 1.165) is 7.11 Å². The number of carbonyl (C=O) groups excluding carboxylic acids is 2. The zero-order chi connectivity index (χ0) is 18.4. The van der Waals surface area contributed by atoms with Crippen molar-refractivity contribution in [3.63, 3.8) is 0 Å². The first-order valence-electron chi connectivity index (χ1n) is 7.05. The van der Waals surface area contributed by atoms with Crippen molar-refractivity contribution in [2.45, 2.75) is 38.2 Å². The van der Waals surface area contributed by atoms with Crippen LogP contribution < -0.4 is 5.32 Å². The summed E-state index contributed by atoms with van der Waals surface area (Å²) in [5.41, 5.74) is -0.554. The Morgan fingerprint density at radius 2 is 1.96 bits per heavy atom. The molecule has 0 bridgehead atoms. The number of amides is 1. The molecule has 1 rings (SSSR count). The second-order valence-electron chi connectivity index (χ2n) is 5.97. The molecule has 24 heavy (non-hydrogen) atoms. The Kier molecular flexibility index (Phi) is 6.64. The molecule has 1 N–H and O–H groups in total. The largest absolute Gasteiger partial charge is 0.467 e. The highest BCUT2D eigenvalue weighted by Crippen LogP contribution is 2.09. The first kappa shape index (κ1) is 19.8. The molecule has 0 aromatic carbocycles. The third-order valence-electron chi connectivity index (χ3n) is 2.58. The van der Waals surface area contributed by atoms with Gasteiger partial charge >= 0.3 is 12.1 Å². The molecule has 0 saturated carbocycles. The summed E-state index contributed by atoms with van der Waals surface area (Å²) in [6.07, 6.45) is 3.18. The Hall–Kier alpha value is -2.23. The van der Waals surface area contributed by atoms with Crippen molar-refractivity contribution >= 4 is 21.9 Å². The van der Waals surface area contributed by atoms with Crippen molar-refractivity contribution in [3.05, 3.63) is 24.3 Å². The fraction of sp³-hybridized carbons (Fsp3) is 0.571. The van der Waals surface area contributed by atoms with Gasteiger partial charge in [-0.25, -0.2) is 18.0 Å². The van der Waals surface area contributed by atoms with Crippen LogP contribution in [-0.4, -0.2) is 55.0 Å². The fourth-order valence-electron chi connectivity index (χ4n) is 1.70. The standard InChI is InChI=1S/C14H21N3O6S/c1-14(2,3)23-13(19)17-11(12(18)22-4)9-24(20,21)8-10-7-15-5-6-16-10/h5-7,11H,8-9H2,1-4H3,(H,17,19). The Bertz CT molecular complexity index is 670. The van der Waals surface area contributed by atoms with Crippen molar-refractivity contribution in [3.8, 4) is 0 Å². The number of aromatic nitrogens is 2. The van der Waals surface area contributed by atoms with E-state index in [1.54, 1.807) is 20.8 Å². The lowest BCUT2D eigenvalue weighted by Gasteiger charge is -2.22. The molecule has 1 amide bonds. The Balaban J connectivity index is 2.82. The molecule has 0 aliphatic carbocycles. The summed E-state index contributed by atoms with van der Waals surface area (Å²) in [7, 11) is -2.65. The molecular weight excluding hydrogens is 338 g/mol. The number of nitrogens with zero attached hydrogens (tertiary/aromatic N) is 2. The maximum Gasteiger partial charge on any atom is 0.408 e. The van der Waals surface area contributed by atoms with Gasteiger partial charge in [-0.3, -0.25) is 9.97 Å². The van der Waals surface area contributed by atoms with Crippen LogP contribution in [0.2, 0.25) is 0 Å². The minimum absolute atomic E-state index is 0.235. The highest BCUT2D eigenvalue weighted by Gasteiger charge is 2.30. The molecule has 1 unspecified atom stereocenters. The number of methoxy groups -OCH3 is 1. The normalized spacial score (nSPS) is 13.0. The monoisotopic (exact) mass is 359 g/mol. The number of sulfone groups is 1. The van der Waals surface area contributed by atoms with Crippen molar-refractivity contribution in [2.75, 3.05) is 12.9 Å². The highest BCUT2D eigenvalue weighted by atomic mass is 32.2. The summed E-state index contributed by atoms with van der Waals surface area (Å²) >= 11 is 0. The molecule has 134 valence electrons. The Morgan fingerprint density at radius 3 is 2.46 bits per heavy atom. The summed E-state index contributed by atoms with van der Waals surface area (Å²) in [5.74, 6) is -1.94. The Labute approximate surface area is 140 Å². The maximum atomic E-state index is 12.2. The second kappa shape index (κ2) is 8.04. The number of esters is 1. The van der Waals surface area contributed by atoms with E-state index in [2.05, 4.69) is 20.0 Å². The number of carbonyl (C=O) groups is 2. The van der Waals surface area contributed by atoms with E-state index < -0.39 is 45.0 Å². The van der Waals surface area contributed by atoms with Crippen molar-refractivity contribution in [2.24, 2.45) is 0 Å². The fourth-order valence-corrected chi connectivity index (χ4v) is 3.15. The summed E-state index contributed by atoms with van der Waals surface area (Å²) in [5, 5.41) is 2.22. The molecule has 1 aromatic heterocycles. The average molecular weight is 359 g/mol. The zero-order valence-electron chi connectivity index (χ0n) is 14.0. The molecule has 0 spiro atoms. The number of hydrogen-bond donors (Lipinski definition) is 1. The van der Waals surface area contributed by atoms with E-state index in [1.807, 2.05) is 0 Å². The summed E-state index contributed by atoms with van der Waals surface area (Å²) in [4.78, 5) is 31.2. The van der Waals surface area contributed by atoms with E-state index >= 15 is 0 Å². The van der Waals surface area contributed by atoms with Gasteiger partial charge in [-0.2, -0.15) is 0 Å². The van der Waals surface area contributed by atoms with Gasteiger partial charge in [-0.05, 0) is 20.8 Å². The highest BCUT2D eigenvalue weighted by molar-refractivity contribution is 7.90. The quantitative estimate of drug-likeness (QED) is 0.726. The lowest BCUT2D eigenvalue weighted by Crippen LogP contribution is -2.47. The topological polar surface area (TPSA) is 125 Å². The van der Waals surface area contributed by atoms with Crippen LogP contribution in [0.1, 0.15) is 26.5 Å². The third kappa shape index (κ3) is 7.36. The van der Waals surface area contributed by atoms with E-state index in [0.29, 0.717) is 0 Å². The van der Waals surface area contributed by atoms with E-state index in [4.69, 9.17) is 4.74 Å². The molecule has 1 heterocycles. The van der Waals surface area contributed by atoms with Gasteiger partial charge < -0.3 is 14.8 Å². The van der Waals surface area contributed by atoms with Crippen LogP contribution in [0.5, 0.6) is 0 Å². The molecule has 9 nitrogen and oxygen atoms in total. The second-order valence-corrected chi connectivity index (χ2v) is 8.08. The van der Waals surface area contributed by atoms with Gasteiger partial charge in [0.1, 0.15) is 11.6 Å². The Morgan fingerprint density at radius 1 is 1.29 bits per heavy atom. The maximum absolute atomic E-state index is 12.2. The molecule has 0 radical (unpaired) electrons. The average Bonchev–Trinajstić information content (AvgIpc) is 2.44. The number of hydrogen-bond acceptors (Lipinski definition) is 8. The van der Waals surface area contributed by atoms with Crippen LogP contribution in [0.25, 0.3) is 0 Å². The van der Waals surface area contributed by atoms with Gasteiger partial charge in [-0.15, -0.1) is 0 Å². The van der Waals surface area contributed by atoms with Gasteiger partial charge in [0.05, 0.1) is 24.3 Å². The van der Waals surface area contributed by atoms with Crippen molar-refractivity contribution < 1.29 is 27.5 Å². The molecule has 0 fully saturated rings. The summed E-state index contributed by atoms with van der Waals surface area (Å²) in [6.45, 7) is 4.93. The van der Waals surface area contributed by atoms with Gasteiger partial charge in [0.25, 0.3) is 0 Å². The molecule has 0 aliphatic rings. The van der Waals surface area contributed by atoms with E-state index in [1.165, 1.54) is 18.6 Å². The molecule has 1 atom stereocenters. The number of rotatable bonds is 6. The predicted molar refractivity (Wildman–Crippen MR) is 84.7 cm³/mol. The zero-order valence-corrected chi connectivity index (χ0v) is 14.8. The van der Waals surface area contributed by atoms with E-state index in [9.17, 15) is 18.0 Å². The third-order valence-corrected chi connectivity index (χ3v) is 4.16. The lowest BCUT2D eigenvalue weighted by atomic mass is 10.2. The molecule has 0 saturated heterocycles. The number of ether oxygens (including phenoxy) is 2. The van der Waals surface area contributed by atoms with Crippen LogP contribution in [0, 0.1) is 0 Å². The lowest BCUT2D eigenvalue weighted by molar-refractivity contribution is -0.142. The molecule has 10 heteroatoms. The molecular formula is C14H21N3O6S. The molecule has 0 aliphatic heterocycles. The van der Waals surface area contributed by atoms with Gasteiger partial charge in [0, 0.05) is 18.6 Å². The van der Waals surface area contributed by atoms with Crippen LogP contribution in [0.4, 0.5) is 4.79 Å². The summed E-state index contributed by atoms with van der Waals surface area (Å²) in [6, 6.07) is -1.38. The number of nitrogens with one attached hydrogen (secondary N) is 1. The SMILES string of the molecule is COC(=O)C(CS(=O)(=O)Cc1cnccn1)NC(=O)OC(C)(C)C. The minimum Gasteiger partial charge on any atom is -0.467 e. The minimum atomic E-state index is -3.75. The number of alkyl carbamates (subject to hydrolysis) is 1. The van der Waals surface area contributed by atoms with Crippen LogP contribution >= 0.6 is 0 Å². The van der Waals surface area contributed by atoms with Crippen molar-refractivity contribution in [1.82, 2.24) is 15.3 Å². The first-order valence-corrected chi connectivity index (χ1v) is 8.87. The van der Waals surface area contributed by atoms with Crippen molar-refractivity contribution in [1.29, 1.82) is 0 Å². The first-order chi connectivity index (χ1) is 11.0. The van der Waals surface area contributed by atoms with Gasteiger partial charge in [-0.1, -0.05) is 0 Å². The predicted octanol–water partition coefficient (Wildman–Crippen LogP) is 0.458. The van der Waals surface area contributed by atoms with Crippen LogP contribution in [0.15, 0.2) is 18.6 Å². The smallest absolute Gasteiger partial charge is 0.408 e. The molecule has 1 aromatic rings. The van der Waals surface area contributed by atoms with Crippen LogP contribution in [-0.2, 0) is 29.9 Å². The van der Waals surface area contributed by atoms with Crippen LogP contribution in [0.3, 0.4) is 0 Å². The van der Waals surface area contributed by atoms with E-state index in [-0.39, 0.29) is 5.69 Å². The summed E-state index contributed by atoms with van der Waals surface area (Å²) < 4.78 is 34.0.